The Morgan fingerprint density at radius 3 is 2.96 bits per heavy atom. The number of carbonyl (C=O) groups excluding carboxylic acids is 1. The first-order chi connectivity index (χ1) is 12.2. The van der Waals surface area contributed by atoms with Gasteiger partial charge in [-0.15, -0.1) is 0 Å². The smallest absolute Gasteiger partial charge is 0.222 e. The number of pyridine rings is 1. The predicted octanol–water partition coefficient (Wildman–Crippen LogP) is 1.89. The summed E-state index contributed by atoms with van der Waals surface area (Å²) in [6, 6.07) is 3.94. The number of hydrogen-bond donors (Lipinski definition) is 1. The van der Waals surface area contributed by atoms with E-state index in [1.54, 1.807) is 12.4 Å². The van der Waals surface area contributed by atoms with Crippen LogP contribution in [0.4, 0.5) is 5.95 Å². The van der Waals surface area contributed by atoms with Crippen LogP contribution in [0.5, 0.6) is 0 Å². The van der Waals surface area contributed by atoms with Gasteiger partial charge in [-0.3, -0.25) is 9.78 Å². The molecule has 1 aliphatic heterocycles. The number of rotatable bonds is 3. The average molecular weight is 337 g/mol. The van der Waals surface area contributed by atoms with Crippen LogP contribution < -0.4 is 5.73 Å². The van der Waals surface area contributed by atoms with E-state index in [1.807, 2.05) is 23.2 Å². The average Bonchev–Trinajstić information content (AvgIpc) is 2.98. The molecule has 6 heteroatoms. The molecule has 1 fully saturated rings. The number of amides is 1. The van der Waals surface area contributed by atoms with E-state index >= 15 is 0 Å². The molecule has 2 aromatic rings. The van der Waals surface area contributed by atoms with E-state index < -0.39 is 0 Å². The maximum absolute atomic E-state index is 12.7. The van der Waals surface area contributed by atoms with E-state index in [4.69, 9.17) is 5.73 Å². The summed E-state index contributed by atoms with van der Waals surface area (Å²) in [5, 5.41) is 0. The van der Waals surface area contributed by atoms with Crippen LogP contribution in [0, 0.1) is 0 Å². The van der Waals surface area contributed by atoms with Crippen LogP contribution in [-0.4, -0.2) is 38.8 Å². The molecular weight excluding hydrogens is 314 g/mol. The van der Waals surface area contributed by atoms with Crippen LogP contribution in [-0.2, 0) is 23.1 Å². The molecule has 6 nitrogen and oxygen atoms in total. The van der Waals surface area contributed by atoms with E-state index in [9.17, 15) is 4.79 Å². The number of aryl methyl sites for hydroxylation is 2. The Kier molecular flexibility index (Phi) is 4.11. The zero-order chi connectivity index (χ0) is 17.3. The number of nitrogens with zero attached hydrogens (tertiary/aromatic N) is 4. The Balaban J connectivity index is 1.47. The second kappa shape index (κ2) is 6.43. The van der Waals surface area contributed by atoms with Gasteiger partial charge in [0, 0.05) is 43.5 Å². The molecule has 25 heavy (non-hydrogen) atoms. The van der Waals surface area contributed by atoms with Gasteiger partial charge in [0.1, 0.15) is 0 Å². The van der Waals surface area contributed by atoms with Crippen LogP contribution in [0.2, 0.25) is 0 Å². The zero-order valence-corrected chi connectivity index (χ0v) is 14.3. The predicted molar refractivity (Wildman–Crippen MR) is 94.8 cm³/mol. The second-order valence-corrected chi connectivity index (χ2v) is 7.16. The molecule has 2 N–H and O–H groups in total. The van der Waals surface area contributed by atoms with Crippen LogP contribution >= 0.6 is 0 Å². The Morgan fingerprint density at radius 2 is 2.12 bits per heavy atom. The lowest BCUT2D eigenvalue weighted by Crippen LogP contribution is -2.48. The molecule has 4 rings (SSSR count). The van der Waals surface area contributed by atoms with Gasteiger partial charge in [-0.25, -0.2) is 9.97 Å². The Hall–Kier alpha value is -2.50. The van der Waals surface area contributed by atoms with Gasteiger partial charge < -0.3 is 10.6 Å². The van der Waals surface area contributed by atoms with Gasteiger partial charge in [0.25, 0.3) is 0 Å². The molecule has 0 saturated carbocycles. The molecule has 1 aliphatic carbocycles. The SMILES string of the molecule is Nc1ncc2c(n1)C1(CCCN(C(=O)CCc3ccncc3)C1)CC2. The van der Waals surface area contributed by atoms with Crippen molar-refractivity contribution < 1.29 is 4.79 Å². The Morgan fingerprint density at radius 1 is 1.28 bits per heavy atom. The van der Waals surface area contributed by atoms with Crippen LogP contribution in [0.25, 0.3) is 0 Å². The minimum atomic E-state index is -0.0308. The molecule has 2 aliphatic rings. The van der Waals surface area contributed by atoms with Crippen molar-refractivity contribution in [1.29, 1.82) is 0 Å². The number of nitrogen functional groups attached to an aromatic ring is 1. The highest BCUT2D eigenvalue weighted by atomic mass is 16.2. The summed E-state index contributed by atoms with van der Waals surface area (Å²) < 4.78 is 0. The first-order valence-electron chi connectivity index (χ1n) is 8.95. The van der Waals surface area contributed by atoms with Gasteiger partial charge in [-0.05, 0) is 55.4 Å². The normalized spacial score (nSPS) is 22.2. The number of fused-ring (bicyclic) bond motifs is 2. The molecule has 1 unspecified atom stereocenters. The summed E-state index contributed by atoms with van der Waals surface area (Å²) in [7, 11) is 0. The number of likely N-dealkylation sites (tertiary alicyclic amines) is 1. The number of nitrogens with two attached hydrogens (primary N) is 1. The zero-order valence-electron chi connectivity index (χ0n) is 14.3. The van der Waals surface area contributed by atoms with E-state index in [0.717, 1.165) is 56.5 Å². The lowest BCUT2D eigenvalue weighted by Gasteiger charge is -2.40. The van der Waals surface area contributed by atoms with Crippen molar-refractivity contribution in [2.45, 2.75) is 43.9 Å². The molecule has 2 aromatic heterocycles. The van der Waals surface area contributed by atoms with Crippen molar-refractivity contribution in [3.05, 3.63) is 47.5 Å². The quantitative estimate of drug-likeness (QED) is 0.924. The monoisotopic (exact) mass is 337 g/mol. The van der Waals surface area contributed by atoms with Crippen molar-refractivity contribution in [2.24, 2.45) is 0 Å². The highest BCUT2D eigenvalue weighted by Crippen LogP contribution is 2.44. The summed E-state index contributed by atoms with van der Waals surface area (Å²) in [4.78, 5) is 27.5. The summed E-state index contributed by atoms with van der Waals surface area (Å²) in [5.41, 5.74) is 9.21. The molecule has 1 amide bonds. The van der Waals surface area contributed by atoms with Crippen molar-refractivity contribution in [3.8, 4) is 0 Å². The standard InChI is InChI=1S/C19H23N5O/c20-18-22-12-15-4-8-19(17(15)23-18)7-1-11-24(13-19)16(25)3-2-14-5-9-21-10-6-14/h5-6,9-10,12H,1-4,7-8,11,13H2,(H2,20,22,23). The van der Waals surface area contributed by atoms with Crippen LogP contribution in [0.3, 0.4) is 0 Å². The number of hydrogen-bond acceptors (Lipinski definition) is 5. The highest BCUT2D eigenvalue weighted by molar-refractivity contribution is 5.76. The fraction of sp³-hybridized carbons (Fsp3) is 0.474. The fourth-order valence-electron chi connectivity index (χ4n) is 4.26. The lowest BCUT2D eigenvalue weighted by atomic mass is 9.77. The van der Waals surface area contributed by atoms with E-state index in [1.165, 1.54) is 5.56 Å². The van der Waals surface area contributed by atoms with Crippen molar-refractivity contribution >= 4 is 11.9 Å². The molecular formula is C19H23N5O. The highest BCUT2D eigenvalue weighted by Gasteiger charge is 2.44. The van der Waals surface area contributed by atoms with Crippen molar-refractivity contribution in [2.75, 3.05) is 18.8 Å². The van der Waals surface area contributed by atoms with Gasteiger partial charge in [-0.1, -0.05) is 0 Å². The van der Waals surface area contributed by atoms with E-state index in [-0.39, 0.29) is 11.3 Å². The minimum Gasteiger partial charge on any atom is -0.368 e. The maximum atomic E-state index is 12.7. The molecule has 130 valence electrons. The van der Waals surface area contributed by atoms with Crippen molar-refractivity contribution in [3.63, 3.8) is 0 Å². The third-order valence-electron chi connectivity index (χ3n) is 5.56. The largest absolute Gasteiger partial charge is 0.368 e. The van der Waals surface area contributed by atoms with E-state index in [2.05, 4.69) is 15.0 Å². The molecule has 0 radical (unpaired) electrons. The summed E-state index contributed by atoms with van der Waals surface area (Å²) in [5.74, 6) is 0.563. The second-order valence-electron chi connectivity index (χ2n) is 7.16. The minimum absolute atomic E-state index is 0.0308. The van der Waals surface area contributed by atoms with Gasteiger partial charge in [0.05, 0.1) is 5.69 Å². The Labute approximate surface area is 147 Å². The first-order valence-corrected chi connectivity index (χ1v) is 8.95. The molecule has 3 heterocycles. The van der Waals surface area contributed by atoms with Crippen LogP contribution in [0.1, 0.15) is 42.5 Å². The Bertz CT molecular complexity index is 775. The van der Waals surface area contributed by atoms with Crippen molar-refractivity contribution in [1.82, 2.24) is 19.9 Å². The maximum Gasteiger partial charge on any atom is 0.222 e. The molecule has 0 aromatic carbocycles. The summed E-state index contributed by atoms with van der Waals surface area (Å²) in [6.07, 6.45) is 10.8. The number of piperidine rings is 1. The third-order valence-corrected chi connectivity index (χ3v) is 5.56. The van der Waals surface area contributed by atoms with Gasteiger partial charge in [-0.2, -0.15) is 0 Å². The van der Waals surface area contributed by atoms with Gasteiger partial charge in [0.2, 0.25) is 11.9 Å². The molecule has 1 saturated heterocycles. The number of aromatic nitrogens is 3. The molecule has 1 spiro atoms. The van der Waals surface area contributed by atoms with Gasteiger partial charge >= 0.3 is 0 Å². The van der Waals surface area contributed by atoms with E-state index in [0.29, 0.717) is 12.4 Å². The topological polar surface area (TPSA) is 85.0 Å². The van der Waals surface area contributed by atoms with Gasteiger partial charge in [0.15, 0.2) is 0 Å². The van der Waals surface area contributed by atoms with Crippen LogP contribution in [0.15, 0.2) is 30.7 Å². The fourth-order valence-corrected chi connectivity index (χ4v) is 4.26. The molecule has 0 bridgehead atoms. The number of carbonyl (C=O) groups is 1. The number of anilines is 1. The third kappa shape index (κ3) is 3.08. The summed E-state index contributed by atoms with van der Waals surface area (Å²) in [6.45, 7) is 1.60. The first kappa shape index (κ1) is 16.0. The lowest BCUT2D eigenvalue weighted by molar-refractivity contribution is -0.133. The molecule has 1 atom stereocenters. The summed E-state index contributed by atoms with van der Waals surface area (Å²) >= 11 is 0.